The van der Waals surface area contributed by atoms with Gasteiger partial charge in [0, 0.05) is 11.0 Å². The number of hydrogen-bond acceptors (Lipinski definition) is 4. The van der Waals surface area contributed by atoms with Crippen molar-refractivity contribution in [2.45, 2.75) is 44.6 Å². The molecule has 4 heteroatoms. The zero-order valence-corrected chi connectivity index (χ0v) is 13.0. The largest absolute Gasteiger partial charge is 0.497 e. The lowest BCUT2D eigenvalue weighted by Gasteiger charge is -2.44. The zero-order valence-electron chi connectivity index (χ0n) is 13.0. The van der Waals surface area contributed by atoms with Crippen LogP contribution in [0.25, 0.3) is 0 Å². The number of carbonyl (C=O) groups excluding carboxylic acids is 1. The number of rotatable bonds is 6. The first-order chi connectivity index (χ1) is 9.30. The van der Waals surface area contributed by atoms with Gasteiger partial charge in [0.2, 0.25) is 0 Å². The van der Waals surface area contributed by atoms with E-state index in [4.69, 9.17) is 15.2 Å². The number of hydrogen-bond donors (Lipinski definition) is 1. The zero-order chi connectivity index (χ0) is 15.4. The molecule has 1 unspecified atom stereocenters. The Morgan fingerprint density at radius 1 is 1.20 bits per heavy atom. The van der Waals surface area contributed by atoms with E-state index in [1.165, 1.54) is 7.11 Å². The Balaban J connectivity index is 3.30. The summed E-state index contributed by atoms with van der Waals surface area (Å²) < 4.78 is 10.0. The Labute approximate surface area is 121 Å². The minimum absolute atomic E-state index is 0.249. The molecule has 1 aromatic rings. The fourth-order valence-corrected chi connectivity index (χ4v) is 2.72. The monoisotopic (exact) mass is 279 g/mol. The first kappa shape index (κ1) is 16.5. The summed E-state index contributed by atoms with van der Waals surface area (Å²) in [5.41, 5.74) is 6.40. The van der Waals surface area contributed by atoms with Crippen LogP contribution < -0.4 is 10.5 Å². The van der Waals surface area contributed by atoms with Gasteiger partial charge in [0.25, 0.3) is 0 Å². The van der Waals surface area contributed by atoms with Gasteiger partial charge in [0.05, 0.1) is 20.6 Å². The van der Waals surface area contributed by atoms with E-state index >= 15 is 0 Å². The lowest BCUT2D eigenvalue weighted by Crippen LogP contribution is -2.54. The van der Waals surface area contributed by atoms with Crippen molar-refractivity contribution >= 4 is 5.97 Å². The number of nitrogens with two attached hydrogens (primary N) is 1. The Morgan fingerprint density at radius 3 is 2.10 bits per heavy atom. The van der Waals surface area contributed by atoms with Crippen LogP contribution in [0, 0.1) is 0 Å². The van der Waals surface area contributed by atoms with E-state index in [1.54, 1.807) is 7.11 Å². The second kappa shape index (κ2) is 6.27. The predicted molar refractivity (Wildman–Crippen MR) is 79.9 cm³/mol. The van der Waals surface area contributed by atoms with Crippen molar-refractivity contribution in [2.24, 2.45) is 5.73 Å². The second-order valence-electron chi connectivity index (χ2n) is 5.64. The summed E-state index contributed by atoms with van der Waals surface area (Å²) in [6.07, 6.45) is 1.01. The fourth-order valence-electron chi connectivity index (χ4n) is 2.72. The van der Waals surface area contributed by atoms with Crippen molar-refractivity contribution in [1.29, 1.82) is 0 Å². The smallest absolute Gasteiger partial charge is 0.306 e. The van der Waals surface area contributed by atoms with Gasteiger partial charge in [-0.15, -0.1) is 0 Å². The van der Waals surface area contributed by atoms with Crippen LogP contribution in [0.3, 0.4) is 0 Å². The molecule has 2 N–H and O–H groups in total. The summed E-state index contributed by atoms with van der Waals surface area (Å²) in [7, 11) is 3.03. The summed E-state index contributed by atoms with van der Waals surface area (Å²) >= 11 is 0. The molecular weight excluding hydrogens is 254 g/mol. The first-order valence-corrected chi connectivity index (χ1v) is 6.81. The van der Waals surface area contributed by atoms with Gasteiger partial charge in [-0.25, -0.2) is 0 Å². The Morgan fingerprint density at radius 2 is 1.75 bits per heavy atom. The number of esters is 1. The van der Waals surface area contributed by atoms with Gasteiger partial charge in [-0.2, -0.15) is 0 Å². The van der Waals surface area contributed by atoms with Crippen molar-refractivity contribution in [1.82, 2.24) is 0 Å². The average molecular weight is 279 g/mol. The molecule has 0 saturated heterocycles. The number of methoxy groups -OCH3 is 2. The van der Waals surface area contributed by atoms with Gasteiger partial charge in [0.15, 0.2) is 0 Å². The molecule has 1 rings (SSSR count). The van der Waals surface area contributed by atoms with Crippen LogP contribution in [0.2, 0.25) is 0 Å². The maximum absolute atomic E-state index is 11.8. The van der Waals surface area contributed by atoms with E-state index in [-0.39, 0.29) is 12.4 Å². The summed E-state index contributed by atoms with van der Waals surface area (Å²) in [6.45, 7) is 5.94. The van der Waals surface area contributed by atoms with Gasteiger partial charge in [-0.3, -0.25) is 4.79 Å². The molecule has 0 aliphatic heterocycles. The summed E-state index contributed by atoms with van der Waals surface area (Å²) in [6, 6.07) is 7.73. The Hall–Kier alpha value is -1.55. The standard InChI is InChI=1S/C16H25NO3/c1-6-16(15(2,3)17,11-14(18)20-5)12-7-9-13(19-4)10-8-12/h7-10H,6,11,17H2,1-5H3. The molecular formula is C16H25NO3. The highest BCUT2D eigenvalue weighted by Crippen LogP contribution is 2.41. The quantitative estimate of drug-likeness (QED) is 0.813. The molecule has 0 aliphatic rings. The molecule has 0 spiro atoms. The highest BCUT2D eigenvalue weighted by atomic mass is 16.5. The third kappa shape index (κ3) is 3.12. The molecule has 1 aromatic carbocycles. The van der Waals surface area contributed by atoms with Crippen LogP contribution in [0.1, 0.15) is 39.2 Å². The van der Waals surface area contributed by atoms with Gasteiger partial charge in [-0.05, 0) is 38.0 Å². The lowest BCUT2D eigenvalue weighted by molar-refractivity contribution is -0.143. The average Bonchev–Trinajstić information content (AvgIpc) is 2.43. The van der Waals surface area contributed by atoms with Crippen LogP contribution >= 0.6 is 0 Å². The molecule has 4 nitrogen and oxygen atoms in total. The topological polar surface area (TPSA) is 61.5 Å². The third-order valence-electron chi connectivity index (χ3n) is 4.15. The van der Waals surface area contributed by atoms with Crippen molar-refractivity contribution in [2.75, 3.05) is 14.2 Å². The number of benzene rings is 1. The Bertz CT molecular complexity index is 448. The predicted octanol–water partition coefficient (Wildman–Crippen LogP) is 2.64. The number of ether oxygens (including phenoxy) is 2. The fraction of sp³-hybridized carbons (Fsp3) is 0.562. The molecule has 20 heavy (non-hydrogen) atoms. The van der Waals surface area contributed by atoms with E-state index in [0.717, 1.165) is 17.7 Å². The minimum atomic E-state index is -0.551. The molecule has 0 saturated carbocycles. The van der Waals surface area contributed by atoms with Gasteiger partial charge in [0.1, 0.15) is 5.75 Å². The third-order valence-corrected chi connectivity index (χ3v) is 4.15. The molecule has 0 bridgehead atoms. The molecule has 1 atom stereocenters. The number of carbonyl (C=O) groups is 1. The molecule has 0 aromatic heterocycles. The lowest BCUT2D eigenvalue weighted by atomic mass is 9.63. The van der Waals surface area contributed by atoms with Crippen LogP contribution in [0.5, 0.6) is 5.75 Å². The van der Waals surface area contributed by atoms with E-state index in [0.29, 0.717) is 0 Å². The van der Waals surface area contributed by atoms with Crippen molar-refractivity contribution in [3.05, 3.63) is 29.8 Å². The normalized spacial score (nSPS) is 14.5. The maximum Gasteiger partial charge on any atom is 0.306 e. The maximum atomic E-state index is 11.8. The molecule has 0 fully saturated rings. The second-order valence-corrected chi connectivity index (χ2v) is 5.64. The summed E-state index contributed by atoms with van der Waals surface area (Å²) in [5.74, 6) is 0.535. The van der Waals surface area contributed by atoms with Gasteiger partial charge in [-0.1, -0.05) is 19.1 Å². The SMILES string of the molecule is CCC(CC(=O)OC)(c1ccc(OC)cc1)C(C)(C)N. The van der Waals surface area contributed by atoms with E-state index in [1.807, 2.05) is 45.0 Å². The van der Waals surface area contributed by atoms with Crippen LogP contribution in [-0.2, 0) is 14.9 Å². The van der Waals surface area contributed by atoms with Crippen LogP contribution in [0.15, 0.2) is 24.3 Å². The first-order valence-electron chi connectivity index (χ1n) is 6.81. The summed E-state index contributed by atoms with van der Waals surface area (Å²) in [5, 5.41) is 0. The van der Waals surface area contributed by atoms with Crippen LogP contribution in [-0.4, -0.2) is 25.7 Å². The highest BCUT2D eigenvalue weighted by Gasteiger charge is 2.44. The highest BCUT2D eigenvalue weighted by molar-refractivity contribution is 5.72. The van der Waals surface area contributed by atoms with E-state index in [9.17, 15) is 4.79 Å². The van der Waals surface area contributed by atoms with Gasteiger partial charge >= 0.3 is 5.97 Å². The summed E-state index contributed by atoms with van der Waals surface area (Å²) in [4.78, 5) is 11.8. The Kier molecular flexibility index (Phi) is 5.17. The molecule has 0 amide bonds. The van der Waals surface area contributed by atoms with Gasteiger partial charge < -0.3 is 15.2 Å². The van der Waals surface area contributed by atoms with Crippen molar-refractivity contribution < 1.29 is 14.3 Å². The minimum Gasteiger partial charge on any atom is -0.497 e. The van der Waals surface area contributed by atoms with Crippen molar-refractivity contribution in [3.63, 3.8) is 0 Å². The molecule has 112 valence electrons. The van der Waals surface area contributed by atoms with Crippen LogP contribution in [0.4, 0.5) is 0 Å². The molecule has 0 heterocycles. The van der Waals surface area contributed by atoms with Crippen molar-refractivity contribution in [3.8, 4) is 5.75 Å². The molecule has 0 radical (unpaired) electrons. The van der Waals surface area contributed by atoms with E-state index in [2.05, 4.69) is 0 Å². The van der Waals surface area contributed by atoms with E-state index < -0.39 is 11.0 Å². The molecule has 0 aliphatic carbocycles.